The van der Waals surface area contributed by atoms with E-state index in [0.717, 1.165) is 18.1 Å². The van der Waals surface area contributed by atoms with Crippen molar-refractivity contribution >= 4 is 29.8 Å². The number of para-hydroxylation sites is 4. The predicted octanol–water partition coefficient (Wildman–Crippen LogP) is 4.80. The number of carboxylic acid groups (broad SMARTS) is 1. The number of benzene rings is 3. The number of phenolic OH excluding ortho intramolecular Hbond substituents is 2. The summed E-state index contributed by atoms with van der Waals surface area (Å²) in [4.78, 5) is 18.1. The molecule has 0 amide bonds. The van der Waals surface area contributed by atoms with Crippen LogP contribution < -0.4 is 0 Å². The SMILES string of the molecule is CC(=O)O.Oc1c2cccc1CCOCCc1cccc(c1O)C=Nc1ccccc1N=C2.[Mn+2]. The van der Waals surface area contributed by atoms with Crippen LogP contribution in [0.15, 0.2) is 70.6 Å². The summed E-state index contributed by atoms with van der Waals surface area (Å²) < 4.78 is 5.72. The number of phenols is 2. The van der Waals surface area contributed by atoms with E-state index in [0.29, 0.717) is 48.6 Å². The van der Waals surface area contributed by atoms with E-state index in [-0.39, 0.29) is 28.6 Å². The molecule has 0 saturated heterocycles. The van der Waals surface area contributed by atoms with Crippen molar-refractivity contribution in [3.8, 4) is 11.5 Å². The van der Waals surface area contributed by atoms with E-state index in [4.69, 9.17) is 14.6 Å². The summed E-state index contributed by atoms with van der Waals surface area (Å²) in [5.41, 5.74) is 4.28. The van der Waals surface area contributed by atoms with Crippen molar-refractivity contribution in [2.75, 3.05) is 13.2 Å². The van der Waals surface area contributed by atoms with Gasteiger partial charge in [-0.1, -0.05) is 36.4 Å². The maximum absolute atomic E-state index is 10.6. The number of fused-ring (bicyclic) bond motifs is 5. The summed E-state index contributed by atoms with van der Waals surface area (Å²) in [6.45, 7) is 2.05. The zero-order valence-electron chi connectivity index (χ0n) is 18.7. The second-order valence-corrected chi connectivity index (χ2v) is 7.35. The Hall–Kier alpha value is -3.45. The minimum Gasteiger partial charge on any atom is -0.507 e. The van der Waals surface area contributed by atoms with E-state index in [1.54, 1.807) is 12.4 Å². The van der Waals surface area contributed by atoms with Crippen LogP contribution in [0.25, 0.3) is 0 Å². The van der Waals surface area contributed by atoms with Gasteiger partial charge >= 0.3 is 17.1 Å². The van der Waals surface area contributed by atoms with Gasteiger partial charge in [0, 0.05) is 30.5 Å². The van der Waals surface area contributed by atoms with Gasteiger partial charge in [-0.15, -0.1) is 0 Å². The van der Waals surface area contributed by atoms with Gasteiger partial charge < -0.3 is 20.1 Å². The average Bonchev–Trinajstić information content (AvgIpc) is 2.79. The first-order valence-electron chi connectivity index (χ1n) is 10.5. The van der Waals surface area contributed by atoms with Crippen LogP contribution in [0.1, 0.15) is 29.2 Å². The molecule has 175 valence electrons. The second kappa shape index (κ2) is 13.3. The van der Waals surface area contributed by atoms with Crippen molar-refractivity contribution in [2.24, 2.45) is 9.98 Å². The molecule has 0 spiro atoms. The number of ether oxygens (including phenoxy) is 1. The molecular weight excluding hydrogens is 475 g/mol. The van der Waals surface area contributed by atoms with Gasteiger partial charge in [0.1, 0.15) is 11.5 Å². The van der Waals surface area contributed by atoms with Crippen LogP contribution in [0.4, 0.5) is 11.4 Å². The summed E-state index contributed by atoms with van der Waals surface area (Å²) in [6.07, 6.45) is 4.48. The Morgan fingerprint density at radius 2 is 1.18 bits per heavy atom. The Kier molecular flexibility index (Phi) is 10.5. The first-order valence-corrected chi connectivity index (χ1v) is 10.5. The molecule has 1 radical (unpaired) electrons. The fraction of sp³-hybridized carbons (Fsp3) is 0.192. The Balaban J connectivity index is 0.000000758. The van der Waals surface area contributed by atoms with E-state index in [2.05, 4.69) is 9.98 Å². The molecule has 0 unspecified atom stereocenters. The molecule has 34 heavy (non-hydrogen) atoms. The van der Waals surface area contributed by atoms with Crippen LogP contribution in [-0.4, -0.2) is 46.9 Å². The molecule has 3 N–H and O–H groups in total. The van der Waals surface area contributed by atoms with Crippen LogP contribution >= 0.6 is 0 Å². The number of carbonyl (C=O) groups is 1. The fourth-order valence-corrected chi connectivity index (χ4v) is 3.26. The van der Waals surface area contributed by atoms with Gasteiger partial charge in [0.25, 0.3) is 5.97 Å². The number of aliphatic imine (C=N–C) groups is 2. The minimum atomic E-state index is -0.833. The Labute approximate surface area is 209 Å². The van der Waals surface area contributed by atoms with Gasteiger partial charge in [-0.25, -0.2) is 0 Å². The summed E-state index contributed by atoms with van der Waals surface area (Å²) in [6, 6.07) is 18.7. The number of aromatic hydroxyl groups is 2. The average molecular weight is 501 g/mol. The molecular formula is C26H26MnN2O5+2. The van der Waals surface area contributed by atoms with E-state index >= 15 is 0 Å². The molecule has 0 aliphatic carbocycles. The fourth-order valence-electron chi connectivity index (χ4n) is 3.26. The minimum absolute atomic E-state index is 0. The summed E-state index contributed by atoms with van der Waals surface area (Å²) >= 11 is 0. The van der Waals surface area contributed by atoms with Crippen molar-refractivity contribution in [1.29, 1.82) is 0 Å². The van der Waals surface area contributed by atoms with Crippen molar-refractivity contribution in [3.05, 3.63) is 82.9 Å². The van der Waals surface area contributed by atoms with Gasteiger partial charge in [-0.3, -0.25) is 14.8 Å². The predicted molar refractivity (Wildman–Crippen MR) is 129 cm³/mol. The van der Waals surface area contributed by atoms with Crippen molar-refractivity contribution in [2.45, 2.75) is 19.8 Å². The Morgan fingerprint density at radius 1 is 0.765 bits per heavy atom. The molecule has 3 aromatic carbocycles. The molecule has 0 fully saturated rings. The van der Waals surface area contributed by atoms with Gasteiger partial charge in [-0.05, 0) is 48.2 Å². The molecule has 3 aromatic rings. The Bertz CT molecular complexity index is 1090. The monoisotopic (exact) mass is 501 g/mol. The zero-order chi connectivity index (χ0) is 23.6. The van der Waals surface area contributed by atoms with Crippen molar-refractivity contribution < 1.29 is 41.9 Å². The van der Waals surface area contributed by atoms with Crippen molar-refractivity contribution in [3.63, 3.8) is 0 Å². The van der Waals surface area contributed by atoms with Crippen LogP contribution in [0.5, 0.6) is 11.5 Å². The van der Waals surface area contributed by atoms with Crippen molar-refractivity contribution in [1.82, 2.24) is 0 Å². The first kappa shape index (κ1) is 26.8. The maximum Gasteiger partial charge on any atom is 2.00 e. The largest absolute Gasteiger partial charge is 2.00 e. The molecule has 0 aromatic heterocycles. The third kappa shape index (κ3) is 7.56. The number of hydrogen-bond donors (Lipinski definition) is 3. The third-order valence-corrected chi connectivity index (χ3v) is 4.90. The molecule has 1 heterocycles. The number of hydrogen-bond acceptors (Lipinski definition) is 6. The van der Waals surface area contributed by atoms with E-state index < -0.39 is 5.97 Å². The number of aliphatic carboxylic acids is 1. The maximum atomic E-state index is 10.6. The summed E-state index contributed by atoms with van der Waals surface area (Å²) in [7, 11) is 0. The topological polar surface area (TPSA) is 112 Å². The first-order chi connectivity index (χ1) is 16.0. The number of nitrogens with zero attached hydrogens (tertiary/aromatic N) is 2. The Morgan fingerprint density at radius 3 is 1.59 bits per heavy atom. The molecule has 7 nitrogen and oxygen atoms in total. The van der Waals surface area contributed by atoms with Crippen LogP contribution in [0.2, 0.25) is 0 Å². The molecule has 0 saturated carbocycles. The van der Waals surface area contributed by atoms with Gasteiger partial charge in [-0.2, -0.15) is 0 Å². The molecule has 1 aliphatic heterocycles. The molecule has 1 aliphatic rings. The summed E-state index contributed by atoms with van der Waals surface area (Å²) in [5, 5.41) is 28.6. The smallest absolute Gasteiger partial charge is 0.507 e. The molecule has 8 heteroatoms. The van der Waals surface area contributed by atoms with E-state index in [1.165, 1.54) is 0 Å². The summed E-state index contributed by atoms with van der Waals surface area (Å²) in [5.74, 6) is -0.399. The van der Waals surface area contributed by atoms with E-state index in [9.17, 15) is 10.2 Å². The normalized spacial score (nSPS) is 12.9. The van der Waals surface area contributed by atoms with Crippen LogP contribution in [0, 0.1) is 0 Å². The number of rotatable bonds is 0. The van der Waals surface area contributed by atoms with E-state index in [1.807, 2.05) is 60.7 Å². The zero-order valence-corrected chi connectivity index (χ0v) is 19.9. The third-order valence-electron chi connectivity index (χ3n) is 4.90. The van der Waals surface area contributed by atoms with Gasteiger partial charge in [0.05, 0.1) is 24.6 Å². The molecule has 4 bridgehead atoms. The van der Waals surface area contributed by atoms with Gasteiger partial charge in [0.15, 0.2) is 0 Å². The number of carboxylic acids is 1. The van der Waals surface area contributed by atoms with Crippen LogP contribution in [-0.2, 0) is 39.4 Å². The molecule has 0 atom stereocenters. The van der Waals surface area contributed by atoms with Crippen LogP contribution in [0.3, 0.4) is 0 Å². The molecule has 4 rings (SSSR count). The van der Waals surface area contributed by atoms with Gasteiger partial charge in [0.2, 0.25) is 0 Å². The standard InChI is InChI=1S/C24H22N2O3.C2H4O2.Mn/c27-23-17-5-3-7-19(23)15-25-21-9-1-2-10-22(21)26-16-20-8-4-6-18(24(20)28)12-14-29-13-11-17;1-2(3)4;/h1-10,15-16,27-28H,11-14H2;1H3,(H,3,4);/q;;+2. The quantitative estimate of drug-likeness (QED) is 0.383. The second-order valence-electron chi connectivity index (χ2n) is 7.35.